The molecule has 0 saturated heterocycles. The van der Waals surface area contributed by atoms with Gasteiger partial charge in [0.2, 0.25) is 0 Å². The SMILES string of the molecule is CCCCCCC(C(=O)OC)c1cc(C#N)c(C#N)cc1C#N. The predicted molar refractivity (Wildman–Crippen MR) is 84.1 cm³/mol. The number of carbonyl (C=O) groups excluding carboxylic acids is 1. The van der Waals surface area contributed by atoms with Gasteiger partial charge in [-0.05, 0) is 24.1 Å². The highest BCUT2D eigenvalue weighted by molar-refractivity contribution is 5.79. The van der Waals surface area contributed by atoms with Gasteiger partial charge in [-0.3, -0.25) is 4.79 Å². The van der Waals surface area contributed by atoms with Crippen molar-refractivity contribution in [3.63, 3.8) is 0 Å². The first kappa shape index (κ1) is 18.2. The molecule has 5 heteroatoms. The Morgan fingerprint density at radius 2 is 1.65 bits per heavy atom. The molecule has 0 aliphatic rings. The number of hydrogen-bond acceptors (Lipinski definition) is 5. The number of rotatable bonds is 7. The number of carbonyl (C=O) groups is 1. The van der Waals surface area contributed by atoms with Gasteiger partial charge in [-0.25, -0.2) is 0 Å². The van der Waals surface area contributed by atoms with E-state index in [9.17, 15) is 10.1 Å². The van der Waals surface area contributed by atoms with Gasteiger partial charge in [0.05, 0.1) is 35.8 Å². The van der Waals surface area contributed by atoms with Crippen LogP contribution in [-0.2, 0) is 9.53 Å². The average molecular weight is 309 g/mol. The minimum Gasteiger partial charge on any atom is -0.469 e. The van der Waals surface area contributed by atoms with Gasteiger partial charge < -0.3 is 4.74 Å². The summed E-state index contributed by atoms with van der Waals surface area (Å²) in [4.78, 5) is 12.1. The number of hydrogen-bond donors (Lipinski definition) is 0. The fourth-order valence-corrected chi connectivity index (χ4v) is 2.50. The van der Waals surface area contributed by atoms with Crippen molar-refractivity contribution in [3.05, 3.63) is 34.4 Å². The molecule has 0 aliphatic heterocycles. The van der Waals surface area contributed by atoms with Crippen LogP contribution in [0.15, 0.2) is 12.1 Å². The molecule has 5 nitrogen and oxygen atoms in total. The van der Waals surface area contributed by atoms with Crippen molar-refractivity contribution in [2.45, 2.75) is 44.9 Å². The smallest absolute Gasteiger partial charge is 0.313 e. The third-order valence-corrected chi connectivity index (χ3v) is 3.76. The van der Waals surface area contributed by atoms with Gasteiger partial charge in [-0.1, -0.05) is 32.6 Å². The first-order chi connectivity index (χ1) is 11.1. The number of unbranched alkanes of at least 4 members (excludes halogenated alkanes) is 3. The van der Waals surface area contributed by atoms with Crippen LogP contribution in [-0.4, -0.2) is 13.1 Å². The molecular weight excluding hydrogens is 290 g/mol. The quantitative estimate of drug-likeness (QED) is 0.567. The van der Waals surface area contributed by atoms with Crippen molar-refractivity contribution < 1.29 is 9.53 Å². The number of benzene rings is 1. The van der Waals surface area contributed by atoms with E-state index in [1.54, 1.807) is 0 Å². The first-order valence-electron chi connectivity index (χ1n) is 7.58. The van der Waals surface area contributed by atoms with Crippen LogP contribution in [0.25, 0.3) is 0 Å². The maximum absolute atomic E-state index is 12.1. The molecule has 1 atom stereocenters. The van der Waals surface area contributed by atoms with Gasteiger partial charge >= 0.3 is 5.97 Å². The monoisotopic (exact) mass is 309 g/mol. The Labute approximate surface area is 136 Å². The fraction of sp³-hybridized carbons (Fsp3) is 0.444. The van der Waals surface area contributed by atoms with Crippen molar-refractivity contribution in [2.24, 2.45) is 0 Å². The average Bonchev–Trinajstić information content (AvgIpc) is 2.60. The highest BCUT2D eigenvalue weighted by atomic mass is 16.5. The molecule has 1 unspecified atom stereocenters. The summed E-state index contributed by atoms with van der Waals surface area (Å²) >= 11 is 0. The molecule has 1 aromatic rings. The van der Waals surface area contributed by atoms with Gasteiger partial charge in [-0.15, -0.1) is 0 Å². The molecule has 0 aliphatic carbocycles. The molecule has 118 valence electrons. The fourth-order valence-electron chi connectivity index (χ4n) is 2.50. The molecule has 0 bridgehead atoms. The lowest BCUT2D eigenvalue weighted by atomic mass is 9.87. The van der Waals surface area contributed by atoms with Gasteiger partial charge in [0.15, 0.2) is 0 Å². The van der Waals surface area contributed by atoms with Gasteiger partial charge in [-0.2, -0.15) is 15.8 Å². The maximum atomic E-state index is 12.1. The van der Waals surface area contributed by atoms with Crippen LogP contribution >= 0.6 is 0 Å². The van der Waals surface area contributed by atoms with Crippen molar-refractivity contribution in [1.29, 1.82) is 15.8 Å². The summed E-state index contributed by atoms with van der Waals surface area (Å²) in [5.41, 5.74) is 1.02. The van der Waals surface area contributed by atoms with Gasteiger partial charge in [0, 0.05) is 0 Å². The third-order valence-electron chi connectivity index (χ3n) is 3.76. The number of esters is 1. The summed E-state index contributed by atoms with van der Waals surface area (Å²) in [6.07, 6.45) is 4.54. The topological polar surface area (TPSA) is 97.7 Å². The van der Waals surface area contributed by atoms with E-state index in [4.69, 9.17) is 15.3 Å². The summed E-state index contributed by atoms with van der Waals surface area (Å²) in [7, 11) is 1.31. The molecule has 0 fully saturated rings. The van der Waals surface area contributed by atoms with Crippen LogP contribution in [0.1, 0.15) is 67.2 Å². The van der Waals surface area contributed by atoms with E-state index in [0.717, 1.165) is 25.7 Å². The Kier molecular flexibility index (Phi) is 7.31. The highest BCUT2D eigenvalue weighted by Gasteiger charge is 2.25. The minimum absolute atomic E-state index is 0.141. The maximum Gasteiger partial charge on any atom is 0.313 e. The van der Waals surface area contributed by atoms with Gasteiger partial charge in [0.1, 0.15) is 12.1 Å². The van der Waals surface area contributed by atoms with Crippen LogP contribution < -0.4 is 0 Å². The van der Waals surface area contributed by atoms with E-state index in [1.165, 1.54) is 19.2 Å². The zero-order valence-electron chi connectivity index (χ0n) is 13.4. The molecule has 0 spiro atoms. The Balaban J connectivity index is 3.25. The van der Waals surface area contributed by atoms with Crippen molar-refractivity contribution in [1.82, 2.24) is 0 Å². The molecule has 0 aromatic heterocycles. The molecule has 0 N–H and O–H groups in total. The number of ether oxygens (including phenoxy) is 1. The van der Waals surface area contributed by atoms with Crippen LogP contribution in [0.5, 0.6) is 0 Å². The van der Waals surface area contributed by atoms with Crippen LogP contribution in [0.3, 0.4) is 0 Å². The van der Waals surface area contributed by atoms with Crippen LogP contribution in [0, 0.1) is 34.0 Å². The summed E-state index contributed by atoms with van der Waals surface area (Å²) in [5.74, 6) is -1.02. The predicted octanol–water partition coefficient (Wildman–Crippen LogP) is 3.53. The number of nitriles is 3. The molecule has 23 heavy (non-hydrogen) atoms. The zero-order chi connectivity index (χ0) is 17.2. The van der Waals surface area contributed by atoms with E-state index >= 15 is 0 Å². The molecule has 0 saturated carbocycles. The second-order valence-electron chi connectivity index (χ2n) is 5.25. The summed E-state index contributed by atoms with van der Waals surface area (Å²) in [6, 6.07) is 8.70. The lowest BCUT2D eigenvalue weighted by molar-refractivity contribution is -0.142. The molecule has 1 aromatic carbocycles. The zero-order valence-corrected chi connectivity index (χ0v) is 13.4. The van der Waals surface area contributed by atoms with E-state index in [1.807, 2.05) is 18.2 Å². The molecule has 0 heterocycles. The Hall–Kier alpha value is -2.84. The first-order valence-corrected chi connectivity index (χ1v) is 7.58. The van der Waals surface area contributed by atoms with E-state index in [-0.39, 0.29) is 16.7 Å². The van der Waals surface area contributed by atoms with Gasteiger partial charge in [0.25, 0.3) is 0 Å². The molecular formula is C18H19N3O2. The highest BCUT2D eigenvalue weighted by Crippen LogP contribution is 2.29. The molecule has 1 rings (SSSR count). The van der Waals surface area contributed by atoms with E-state index < -0.39 is 11.9 Å². The van der Waals surface area contributed by atoms with Crippen molar-refractivity contribution in [3.8, 4) is 18.2 Å². The summed E-state index contributed by atoms with van der Waals surface area (Å²) < 4.78 is 4.86. The number of methoxy groups -OCH3 is 1. The minimum atomic E-state index is -0.591. The summed E-state index contributed by atoms with van der Waals surface area (Å²) in [5, 5.41) is 27.5. The Morgan fingerprint density at radius 1 is 1.04 bits per heavy atom. The largest absolute Gasteiger partial charge is 0.469 e. The molecule has 0 radical (unpaired) electrons. The van der Waals surface area contributed by atoms with Crippen LogP contribution in [0.2, 0.25) is 0 Å². The lowest BCUT2D eigenvalue weighted by Gasteiger charge is -2.17. The second-order valence-corrected chi connectivity index (χ2v) is 5.25. The van der Waals surface area contributed by atoms with Crippen molar-refractivity contribution >= 4 is 5.97 Å². The van der Waals surface area contributed by atoms with Crippen molar-refractivity contribution in [2.75, 3.05) is 7.11 Å². The normalized spacial score (nSPS) is 10.9. The number of nitrogens with zero attached hydrogens (tertiary/aromatic N) is 3. The van der Waals surface area contributed by atoms with Crippen LogP contribution in [0.4, 0.5) is 0 Å². The second kappa shape index (κ2) is 9.23. The Bertz CT molecular complexity index is 690. The Morgan fingerprint density at radius 3 is 2.17 bits per heavy atom. The summed E-state index contributed by atoms with van der Waals surface area (Å²) in [6.45, 7) is 2.10. The lowest BCUT2D eigenvalue weighted by Crippen LogP contribution is -2.16. The van der Waals surface area contributed by atoms with E-state index in [2.05, 4.69) is 6.92 Å². The third kappa shape index (κ3) is 4.56. The standard InChI is InChI=1S/C18H19N3O2/c1-3-4-5-6-7-16(18(22)23-2)17-9-14(11-20)13(10-19)8-15(17)12-21/h8-9,16H,3-7H2,1-2H3. The molecule has 0 amide bonds. The van der Waals surface area contributed by atoms with E-state index in [0.29, 0.717) is 12.0 Å².